The standard InChI is InChI=1S/C15H18F3N3/c1-9(2)19-7-11-8-20-21(14(11)15(17)18)13-5-4-12(16)6-10(13)3/h4-6,8-9,15,19H,7H2,1-3H3. The van der Waals surface area contributed by atoms with Crippen LogP contribution in [0.25, 0.3) is 5.69 Å². The molecule has 1 aromatic carbocycles. The maximum absolute atomic E-state index is 13.4. The second-order valence-corrected chi connectivity index (χ2v) is 5.23. The average Bonchev–Trinajstić information content (AvgIpc) is 2.80. The van der Waals surface area contributed by atoms with Gasteiger partial charge in [-0.25, -0.2) is 17.9 Å². The Labute approximate surface area is 121 Å². The first kappa shape index (κ1) is 15.6. The molecule has 2 aromatic rings. The Kier molecular flexibility index (Phi) is 4.67. The SMILES string of the molecule is Cc1cc(F)ccc1-n1ncc(CNC(C)C)c1C(F)F. The van der Waals surface area contributed by atoms with Crippen molar-refractivity contribution in [3.05, 3.63) is 47.0 Å². The number of nitrogens with one attached hydrogen (secondary N) is 1. The predicted octanol–water partition coefficient (Wildman–Crippen LogP) is 3.76. The number of nitrogens with zero attached hydrogens (tertiary/aromatic N) is 2. The Morgan fingerprint density at radius 1 is 1.29 bits per heavy atom. The topological polar surface area (TPSA) is 29.9 Å². The van der Waals surface area contributed by atoms with Crippen LogP contribution in [0.5, 0.6) is 0 Å². The molecule has 1 heterocycles. The van der Waals surface area contributed by atoms with Crippen LogP contribution in [-0.2, 0) is 6.54 Å². The third kappa shape index (κ3) is 3.44. The van der Waals surface area contributed by atoms with Gasteiger partial charge in [0.05, 0.1) is 11.9 Å². The molecular weight excluding hydrogens is 279 g/mol. The summed E-state index contributed by atoms with van der Waals surface area (Å²) < 4.78 is 41.1. The van der Waals surface area contributed by atoms with E-state index in [9.17, 15) is 13.2 Å². The highest BCUT2D eigenvalue weighted by Crippen LogP contribution is 2.27. The average molecular weight is 297 g/mol. The fourth-order valence-corrected chi connectivity index (χ4v) is 2.12. The number of hydrogen-bond donors (Lipinski definition) is 1. The summed E-state index contributed by atoms with van der Waals surface area (Å²) in [4.78, 5) is 0. The fourth-order valence-electron chi connectivity index (χ4n) is 2.12. The molecule has 0 spiro atoms. The molecule has 0 saturated heterocycles. The van der Waals surface area contributed by atoms with E-state index in [2.05, 4.69) is 10.4 Å². The van der Waals surface area contributed by atoms with Gasteiger partial charge in [0.15, 0.2) is 0 Å². The fraction of sp³-hybridized carbons (Fsp3) is 0.400. The number of aromatic nitrogens is 2. The highest BCUT2D eigenvalue weighted by atomic mass is 19.3. The van der Waals surface area contributed by atoms with Crippen molar-refractivity contribution in [1.82, 2.24) is 15.1 Å². The molecule has 0 aliphatic carbocycles. The van der Waals surface area contributed by atoms with E-state index in [4.69, 9.17) is 0 Å². The first-order valence-electron chi connectivity index (χ1n) is 6.75. The Hall–Kier alpha value is -1.82. The Bertz CT molecular complexity index is 621. The van der Waals surface area contributed by atoms with Crippen molar-refractivity contribution < 1.29 is 13.2 Å². The Balaban J connectivity index is 2.44. The minimum Gasteiger partial charge on any atom is -0.310 e. The number of alkyl halides is 2. The molecule has 21 heavy (non-hydrogen) atoms. The van der Waals surface area contributed by atoms with Crippen LogP contribution in [0, 0.1) is 12.7 Å². The van der Waals surface area contributed by atoms with Crippen molar-refractivity contribution in [3.8, 4) is 5.69 Å². The number of rotatable bonds is 5. The van der Waals surface area contributed by atoms with Gasteiger partial charge in [-0.1, -0.05) is 13.8 Å². The summed E-state index contributed by atoms with van der Waals surface area (Å²) in [6, 6.07) is 4.19. The summed E-state index contributed by atoms with van der Waals surface area (Å²) in [7, 11) is 0. The predicted molar refractivity (Wildman–Crippen MR) is 75.2 cm³/mol. The van der Waals surface area contributed by atoms with Gasteiger partial charge in [0, 0.05) is 18.2 Å². The lowest BCUT2D eigenvalue weighted by molar-refractivity contribution is 0.141. The molecule has 0 radical (unpaired) electrons. The minimum absolute atomic E-state index is 0.155. The van der Waals surface area contributed by atoms with E-state index in [1.54, 1.807) is 6.92 Å². The van der Waals surface area contributed by atoms with Gasteiger partial charge < -0.3 is 5.32 Å². The molecule has 1 N–H and O–H groups in total. The molecule has 2 rings (SSSR count). The van der Waals surface area contributed by atoms with Crippen molar-refractivity contribution in [2.24, 2.45) is 0 Å². The summed E-state index contributed by atoms with van der Waals surface area (Å²) in [5.74, 6) is -0.399. The summed E-state index contributed by atoms with van der Waals surface area (Å²) in [5, 5.41) is 7.15. The molecule has 0 fully saturated rings. The van der Waals surface area contributed by atoms with Gasteiger partial charge in [-0.05, 0) is 30.7 Å². The molecule has 0 saturated carbocycles. The Morgan fingerprint density at radius 3 is 2.57 bits per heavy atom. The van der Waals surface area contributed by atoms with E-state index in [-0.39, 0.29) is 11.7 Å². The molecule has 0 unspecified atom stereocenters. The second kappa shape index (κ2) is 6.30. The highest BCUT2D eigenvalue weighted by molar-refractivity contribution is 5.42. The number of aryl methyl sites for hydroxylation is 1. The van der Waals surface area contributed by atoms with E-state index in [0.29, 0.717) is 23.4 Å². The number of halogens is 3. The van der Waals surface area contributed by atoms with E-state index >= 15 is 0 Å². The van der Waals surface area contributed by atoms with Crippen molar-refractivity contribution >= 4 is 0 Å². The maximum Gasteiger partial charge on any atom is 0.280 e. The molecule has 0 aliphatic rings. The second-order valence-electron chi connectivity index (χ2n) is 5.23. The van der Waals surface area contributed by atoms with Crippen LogP contribution in [0.4, 0.5) is 13.2 Å². The van der Waals surface area contributed by atoms with Gasteiger partial charge >= 0.3 is 0 Å². The van der Waals surface area contributed by atoms with Crippen molar-refractivity contribution in [2.45, 2.75) is 39.8 Å². The lowest BCUT2D eigenvalue weighted by Gasteiger charge is -2.12. The largest absolute Gasteiger partial charge is 0.310 e. The van der Waals surface area contributed by atoms with Crippen LogP contribution < -0.4 is 5.32 Å². The van der Waals surface area contributed by atoms with E-state index < -0.39 is 12.2 Å². The van der Waals surface area contributed by atoms with Crippen LogP contribution in [0.2, 0.25) is 0 Å². The van der Waals surface area contributed by atoms with Gasteiger partial charge in [-0.3, -0.25) is 0 Å². The molecule has 0 atom stereocenters. The zero-order valence-corrected chi connectivity index (χ0v) is 12.2. The first-order chi connectivity index (χ1) is 9.90. The van der Waals surface area contributed by atoms with E-state index in [0.717, 1.165) is 0 Å². The lowest BCUT2D eigenvalue weighted by atomic mass is 10.2. The summed E-state index contributed by atoms with van der Waals surface area (Å²) in [6.07, 6.45) is -1.22. The van der Waals surface area contributed by atoms with Crippen LogP contribution in [-0.4, -0.2) is 15.8 Å². The molecule has 1 aromatic heterocycles. The summed E-state index contributed by atoms with van der Waals surface area (Å²) in [5.41, 5.74) is 1.31. The van der Waals surface area contributed by atoms with Gasteiger partial charge in [0.1, 0.15) is 11.5 Å². The van der Waals surface area contributed by atoms with E-state index in [1.165, 1.54) is 29.1 Å². The number of benzene rings is 1. The van der Waals surface area contributed by atoms with E-state index in [1.807, 2.05) is 13.8 Å². The molecule has 0 amide bonds. The minimum atomic E-state index is -2.65. The van der Waals surface area contributed by atoms with Crippen molar-refractivity contribution in [2.75, 3.05) is 0 Å². The third-order valence-corrected chi connectivity index (χ3v) is 3.18. The Morgan fingerprint density at radius 2 is 2.00 bits per heavy atom. The third-order valence-electron chi connectivity index (χ3n) is 3.18. The molecule has 0 aliphatic heterocycles. The lowest BCUT2D eigenvalue weighted by Crippen LogP contribution is -2.22. The highest BCUT2D eigenvalue weighted by Gasteiger charge is 2.21. The monoisotopic (exact) mass is 297 g/mol. The summed E-state index contributed by atoms with van der Waals surface area (Å²) >= 11 is 0. The molecule has 0 bridgehead atoms. The molecule has 6 heteroatoms. The molecule has 3 nitrogen and oxygen atoms in total. The normalized spacial score (nSPS) is 11.6. The summed E-state index contributed by atoms with van der Waals surface area (Å²) in [6.45, 7) is 5.87. The van der Waals surface area contributed by atoms with Gasteiger partial charge in [-0.15, -0.1) is 0 Å². The van der Waals surface area contributed by atoms with Crippen molar-refractivity contribution in [1.29, 1.82) is 0 Å². The van der Waals surface area contributed by atoms with Crippen LogP contribution >= 0.6 is 0 Å². The van der Waals surface area contributed by atoms with Crippen LogP contribution in [0.3, 0.4) is 0 Å². The molecule has 114 valence electrons. The van der Waals surface area contributed by atoms with Crippen LogP contribution in [0.15, 0.2) is 24.4 Å². The smallest absolute Gasteiger partial charge is 0.280 e. The zero-order chi connectivity index (χ0) is 15.6. The maximum atomic E-state index is 13.4. The van der Waals surface area contributed by atoms with Gasteiger partial charge in [0.25, 0.3) is 6.43 Å². The number of hydrogen-bond acceptors (Lipinski definition) is 2. The first-order valence-corrected chi connectivity index (χ1v) is 6.75. The molecular formula is C15H18F3N3. The zero-order valence-electron chi connectivity index (χ0n) is 12.2. The van der Waals surface area contributed by atoms with Crippen molar-refractivity contribution in [3.63, 3.8) is 0 Å². The van der Waals surface area contributed by atoms with Gasteiger partial charge in [-0.2, -0.15) is 5.10 Å². The van der Waals surface area contributed by atoms with Gasteiger partial charge in [0.2, 0.25) is 0 Å². The quantitative estimate of drug-likeness (QED) is 0.910. The van der Waals surface area contributed by atoms with Crippen LogP contribution in [0.1, 0.15) is 37.1 Å².